The quantitative estimate of drug-likeness (QED) is 0.409. The molecule has 1 unspecified atom stereocenters. The monoisotopic (exact) mass is 448 g/mol. The molecule has 32 heavy (non-hydrogen) atoms. The fourth-order valence-electron chi connectivity index (χ4n) is 4.09. The SMILES string of the molecule is O=C(Nc1nc2c(s1)CCC2C(=O)NCCc1c[nH]c2ccccc12)c1ccc(F)cc1. The fourth-order valence-corrected chi connectivity index (χ4v) is 5.12. The van der Waals surface area contributed by atoms with E-state index in [1.807, 2.05) is 24.4 Å². The molecule has 0 bridgehead atoms. The minimum absolute atomic E-state index is 0.0368. The van der Waals surface area contributed by atoms with Crippen molar-refractivity contribution in [2.45, 2.75) is 25.2 Å². The van der Waals surface area contributed by atoms with Crippen LogP contribution in [0.15, 0.2) is 54.7 Å². The highest BCUT2D eigenvalue weighted by atomic mass is 32.1. The Morgan fingerprint density at radius 1 is 1.16 bits per heavy atom. The Balaban J connectivity index is 1.20. The van der Waals surface area contributed by atoms with Crippen LogP contribution in [0.5, 0.6) is 0 Å². The number of fused-ring (bicyclic) bond motifs is 2. The molecule has 8 heteroatoms. The van der Waals surface area contributed by atoms with Crippen LogP contribution in [-0.4, -0.2) is 28.3 Å². The van der Waals surface area contributed by atoms with Crippen LogP contribution in [0.25, 0.3) is 10.9 Å². The second kappa shape index (κ2) is 8.55. The number of aromatic amines is 1. The maximum atomic E-state index is 13.1. The molecule has 6 nitrogen and oxygen atoms in total. The van der Waals surface area contributed by atoms with Crippen molar-refractivity contribution in [2.24, 2.45) is 0 Å². The van der Waals surface area contributed by atoms with Gasteiger partial charge in [-0.05, 0) is 55.2 Å². The molecular formula is C24H21FN4O2S. The number of aryl methyl sites for hydroxylation is 1. The van der Waals surface area contributed by atoms with E-state index in [1.165, 1.54) is 46.6 Å². The first-order valence-electron chi connectivity index (χ1n) is 10.5. The maximum Gasteiger partial charge on any atom is 0.257 e. The maximum absolute atomic E-state index is 13.1. The summed E-state index contributed by atoms with van der Waals surface area (Å²) in [5.74, 6) is -1.09. The fraction of sp³-hybridized carbons (Fsp3) is 0.208. The lowest BCUT2D eigenvalue weighted by Gasteiger charge is -2.10. The van der Waals surface area contributed by atoms with E-state index >= 15 is 0 Å². The second-order valence-corrected chi connectivity index (χ2v) is 8.86. The van der Waals surface area contributed by atoms with Gasteiger partial charge >= 0.3 is 0 Å². The van der Waals surface area contributed by atoms with Crippen LogP contribution in [0.4, 0.5) is 9.52 Å². The standard InChI is InChI=1S/C24H21FN4O2S/c25-16-7-5-14(6-8-16)22(30)29-24-28-21-18(9-10-20(21)32-24)23(31)26-12-11-15-13-27-19-4-2-1-3-17(15)19/h1-8,13,18,27H,9-12H2,(H,26,31)(H,28,29,30). The Morgan fingerprint density at radius 2 is 1.97 bits per heavy atom. The number of hydrogen-bond acceptors (Lipinski definition) is 4. The molecule has 4 aromatic rings. The Bertz CT molecular complexity index is 1300. The number of H-pyrrole nitrogens is 1. The third-order valence-electron chi connectivity index (χ3n) is 5.73. The number of rotatable bonds is 6. The number of hydrogen-bond donors (Lipinski definition) is 3. The van der Waals surface area contributed by atoms with Crippen LogP contribution in [0, 0.1) is 5.82 Å². The first-order chi connectivity index (χ1) is 15.6. The number of nitrogens with zero attached hydrogens (tertiary/aromatic N) is 1. The number of benzene rings is 2. The van der Waals surface area contributed by atoms with Gasteiger partial charge in [-0.3, -0.25) is 14.9 Å². The average molecular weight is 449 g/mol. The van der Waals surface area contributed by atoms with Crippen LogP contribution in [0.1, 0.15) is 38.8 Å². The molecule has 0 aliphatic heterocycles. The number of para-hydroxylation sites is 1. The molecule has 2 aromatic heterocycles. The molecule has 0 fully saturated rings. The zero-order chi connectivity index (χ0) is 22.1. The van der Waals surface area contributed by atoms with E-state index in [9.17, 15) is 14.0 Å². The molecule has 0 radical (unpaired) electrons. The normalized spacial score (nSPS) is 15.0. The van der Waals surface area contributed by atoms with Crippen molar-refractivity contribution >= 4 is 39.2 Å². The first kappa shape index (κ1) is 20.4. The zero-order valence-corrected chi connectivity index (χ0v) is 18.0. The Labute approximate surface area is 187 Å². The summed E-state index contributed by atoms with van der Waals surface area (Å²) in [7, 11) is 0. The van der Waals surface area contributed by atoms with Gasteiger partial charge in [-0.15, -0.1) is 11.3 Å². The van der Waals surface area contributed by atoms with E-state index in [0.29, 0.717) is 17.2 Å². The largest absolute Gasteiger partial charge is 0.361 e. The van der Waals surface area contributed by atoms with E-state index in [2.05, 4.69) is 26.7 Å². The number of anilines is 1. The van der Waals surface area contributed by atoms with Gasteiger partial charge in [0, 0.05) is 34.1 Å². The molecule has 1 aliphatic carbocycles. The van der Waals surface area contributed by atoms with Crippen LogP contribution in [0.2, 0.25) is 0 Å². The van der Waals surface area contributed by atoms with Crippen molar-refractivity contribution in [1.82, 2.24) is 15.3 Å². The minimum atomic E-state index is -0.395. The van der Waals surface area contributed by atoms with Gasteiger partial charge in [-0.2, -0.15) is 0 Å². The number of thiazole rings is 1. The highest BCUT2D eigenvalue weighted by Crippen LogP contribution is 2.38. The summed E-state index contributed by atoms with van der Waals surface area (Å²) in [6.07, 6.45) is 4.21. The van der Waals surface area contributed by atoms with Gasteiger partial charge in [0.15, 0.2) is 5.13 Å². The van der Waals surface area contributed by atoms with Gasteiger partial charge in [0.2, 0.25) is 5.91 Å². The average Bonchev–Trinajstić information content (AvgIpc) is 3.48. The van der Waals surface area contributed by atoms with Crippen molar-refractivity contribution in [3.05, 3.63) is 82.2 Å². The lowest BCUT2D eigenvalue weighted by atomic mass is 10.1. The summed E-state index contributed by atoms with van der Waals surface area (Å²) >= 11 is 1.39. The lowest BCUT2D eigenvalue weighted by Crippen LogP contribution is -2.30. The summed E-state index contributed by atoms with van der Waals surface area (Å²) in [6.45, 7) is 0.546. The summed E-state index contributed by atoms with van der Waals surface area (Å²) in [5.41, 5.74) is 3.36. The molecule has 1 atom stereocenters. The number of halogens is 1. The molecule has 0 saturated carbocycles. The van der Waals surface area contributed by atoms with Gasteiger partial charge in [0.05, 0.1) is 11.6 Å². The molecule has 3 N–H and O–H groups in total. The minimum Gasteiger partial charge on any atom is -0.361 e. The van der Waals surface area contributed by atoms with Gasteiger partial charge in [-0.25, -0.2) is 9.37 Å². The summed E-state index contributed by atoms with van der Waals surface area (Å²) < 4.78 is 13.1. The van der Waals surface area contributed by atoms with Crippen LogP contribution in [-0.2, 0) is 17.6 Å². The zero-order valence-electron chi connectivity index (χ0n) is 17.2. The first-order valence-corrected chi connectivity index (χ1v) is 11.3. The number of carbonyl (C=O) groups excluding carboxylic acids is 2. The van der Waals surface area contributed by atoms with Crippen molar-refractivity contribution < 1.29 is 14.0 Å². The van der Waals surface area contributed by atoms with Gasteiger partial charge in [0.25, 0.3) is 5.91 Å². The highest BCUT2D eigenvalue weighted by Gasteiger charge is 2.32. The third kappa shape index (κ3) is 4.01. The molecule has 2 aromatic carbocycles. The van der Waals surface area contributed by atoms with Crippen molar-refractivity contribution in [2.75, 3.05) is 11.9 Å². The Morgan fingerprint density at radius 3 is 2.81 bits per heavy atom. The molecule has 2 amide bonds. The smallest absolute Gasteiger partial charge is 0.257 e. The molecule has 0 spiro atoms. The van der Waals surface area contributed by atoms with Crippen molar-refractivity contribution in [3.8, 4) is 0 Å². The molecule has 0 saturated heterocycles. The van der Waals surface area contributed by atoms with Crippen LogP contribution < -0.4 is 10.6 Å². The van der Waals surface area contributed by atoms with Crippen LogP contribution >= 0.6 is 11.3 Å². The van der Waals surface area contributed by atoms with E-state index in [0.717, 1.165) is 35.4 Å². The van der Waals surface area contributed by atoms with Gasteiger partial charge in [0.1, 0.15) is 5.82 Å². The molecule has 2 heterocycles. The summed E-state index contributed by atoms with van der Waals surface area (Å²) in [5, 5.41) is 7.43. The number of nitrogens with one attached hydrogen (secondary N) is 3. The molecule has 1 aliphatic rings. The molecular weight excluding hydrogens is 427 g/mol. The number of amides is 2. The Hall–Kier alpha value is -3.52. The number of aromatic nitrogens is 2. The van der Waals surface area contributed by atoms with E-state index in [-0.39, 0.29) is 17.7 Å². The topological polar surface area (TPSA) is 86.9 Å². The predicted octanol–water partition coefficient (Wildman–Crippen LogP) is 4.40. The Kier molecular flexibility index (Phi) is 5.45. The molecule has 5 rings (SSSR count). The second-order valence-electron chi connectivity index (χ2n) is 7.78. The highest BCUT2D eigenvalue weighted by molar-refractivity contribution is 7.16. The lowest BCUT2D eigenvalue weighted by molar-refractivity contribution is -0.122. The van der Waals surface area contributed by atoms with E-state index in [4.69, 9.17) is 0 Å². The summed E-state index contributed by atoms with van der Waals surface area (Å²) in [6, 6.07) is 13.4. The summed E-state index contributed by atoms with van der Waals surface area (Å²) in [4.78, 5) is 34.0. The third-order valence-corrected chi connectivity index (χ3v) is 6.78. The van der Waals surface area contributed by atoms with Crippen molar-refractivity contribution in [3.63, 3.8) is 0 Å². The van der Waals surface area contributed by atoms with Crippen molar-refractivity contribution in [1.29, 1.82) is 0 Å². The van der Waals surface area contributed by atoms with Gasteiger partial charge in [-0.1, -0.05) is 18.2 Å². The van der Waals surface area contributed by atoms with E-state index < -0.39 is 5.82 Å². The molecule has 162 valence electrons. The number of carbonyl (C=O) groups is 2. The van der Waals surface area contributed by atoms with Crippen LogP contribution in [0.3, 0.4) is 0 Å². The van der Waals surface area contributed by atoms with Gasteiger partial charge < -0.3 is 10.3 Å². The predicted molar refractivity (Wildman–Crippen MR) is 123 cm³/mol. The van der Waals surface area contributed by atoms with E-state index in [1.54, 1.807) is 0 Å².